The lowest BCUT2D eigenvalue weighted by atomic mass is 10.2. The maximum atomic E-state index is 11.3. The highest BCUT2D eigenvalue weighted by atomic mass is 35.5. The Balaban J connectivity index is 0.00000156. The molecule has 0 amide bonds. The number of pyridine rings is 2. The first-order valence-corrected chi connectivity index (χ1v) is 7.86. The molecule has 3 N–H and O–H groups in total. The van der Waals surface area contributed by atoms with E-state index in [0.29, 0.717) is 5.65 Å². The molecule has 2 aromatic heterocycles. The van der Waals surface area contributed by atoms with Crippen LogP contribution in [0.5, 0.6) is 0 Å². The van der Waals surface area contributed by atoms with Crippen molar-refractivity contribution in [2.75, 3.05) is 5.32 Å². The summed E-state index contributed by atoms with van der Waals surface area (Å²) < 4.78 is 23.3. The van der Waals surface area contributed by atoms with Crippen molar-refractivity contribution in [3.63, 3.8) is 0 Å². The van der Waals surface area contributed by atoms with Crippen molar-refractivity contribution in [3.8, 4) is 0 Å². The normalized spacial score (nSPS) is 11.2. The molecular formula is C15H15Cl2N4O3S-. The molecule has 0 radical (unpaired) electrons. The van der Waals surface area contributed by atoms with Gasteiger partial charge in [-0.05, 0) is 29.8 Å². The van der Waals surface area contributed by atoms with E-state index in [0.717, 1.165) is 22.3 Å². The molecular weight excluding hydrogens is 387 g/mol. The van der Waals surface area contributed by atoms with Crippen LogP contribution in [0, 0.1) is 0 Å². The number of fused-ring (bicyclic) bond motifs is 1. The second-order valence-electron chi connectivity index (χ2n) is 4.82. The minimum Gasteiger partial charge on any atom is -0.760 e. The molecule has 25 heavy (non-hydrogen) atoms. The molecule has 134 valence electrons. The molecule has 1 aromatic carbocycles. The summed E-state index contributed by atoms with van der Waals surface area (Å²) in [7, 11) is 0. The number of aromatic nitrogens is 2. The number of benzene rings is 1. The summed E-state index contributed by atoms with van der Waals surface area (Å²) in [5.74, 6) is 0. The van der Waals surface area contributed by atoms with Crippen LogP contribution in [-0.2, 0) is 17.8 Å². The predicted octanol–water partition coefficient (Wildman–Crippen LogP) is 2.39. The molecule has 0 fully saturated rings. The first-order valence-electron chi connectivity index (χ1n) is 6.78. The molecule has 0 bridgehead atoms. The second-order valence-corrected chi connectivity index (χ2v) is 5.58. The van der Waals surface area contributed by atoms with Gasteiger partial charge in [0, 0.05) is 41.1 Å². The highest BCUT2D eigenvalue weighted by Crippen LogP contribution is 2.23. The summed E-state index contributed by atoms with van der Waals surface area (Å²) >= 11 is -2.27. The van der Waals surface area contributed by atoms with Crippen LogP contribution in [0.4, 0.5) is 11.4 Å². The fourth-order valence-electron chi connectivity index (χ4n) is 2.17. The molecule has 0 aliphatic rings. The average Bonchev–Trinajstić information content (AvgIpc) is 2.54. The van der Waals surface area contributed by atoms with Crippen molar-refractivity contribution in [3.05, 3.63) is 64.6 Å². The van der Waals surface area contributed by atoms with E-state index in [4.69, 9.17) is 0 Å². The third-order valence-corrected chi connectivity index (χ3v) is 3.64. The quantitative estimate of drug-likeness (QED) is 0.568. The molecule has 3 rings (SSSR count). The largest absolute Gasteiger partial charge is 0.760 e. The molecule has 1 atom stereocenters. The molecule has 0 aliphatic heterocycles. The predicted molar refractivity (Wildman–Crippen MR) is 102 cm³/mol. The summed E-state index contributed by atoms with van der Waals surface area (Å²) in [4.78, 5) is 18.2. The van der Waals surface area contributed by atoms with Crippen LogP contribution in [0.1, 0.15) is 5.56 Å². The third-order valence-electron chi connectivity index (χ3n) is 3.26. The highest BCUT2D eigenvalue weighted by Gasteiger charge is 2.03. The Hall–Kier alpha value is -1.97. The van der Waals surface area contributed by atoms with Crippen LogP contribution < -0.4 is 15.6 Å². The number of hydrogen-bond donors (Lipinski definition) is 3. The van der Waals surface area contributed by atoms with E-state index in [-0.39, 0.29) is 36.9 Å². The number of aromatic amines is 1. The summed E-state index contributed by atoms with van der Waals surface area (Å²) in [6, 6.07) is 12.3. The van der Waals surface area contributed by atoms with Gasteiger partial charge in [-0.2, -0.15) is 0 Å². The molecule has 1 unspecified atom stereocenters. The Bertz CT molecular complexity index is 919. The van der Waals surface area contributed by atoms with Gasteiger partial charge in [-0.1, -0.05) is 12.1 Å². The highest BCUT2D eigenvalue weighted by molar-refractivity contribution is 7.77. The summed E-state index contributed by atoms with van der Waals surface area (Å²) in [6.45, 7) is 0.246. The Morgan fingerprint density at radius 3 is 2.48 bits per heavy atom. The maximum Gasteiger partial charge on any atom is 0.249 e. The van der Waals surface area contributed by atoms with Gasteiger partial charge in [0.25, 0.3) is 0 Å². The lowest BCUT2D eigenvalue weighted by Crippen LogP contribution is -2.15. The number of anilines is 2. The van der Waals surface area contributed by atoms with Crippen LogP contribution >= 0.6 is 24.8 Å². The van der Waals surface area contributed by atoms with Crippen molar-refractivity contribution in [2.45, 2.75) is 6.54 Å². The number of rotatable bonds is 5. The minimum atomic E-state index is -2.27. The topological polar surface area (TPSA) is 110 Å². The lowest BCUT2D eigenvalue weighted by Gasteiger charge is -2.11. The summed E-state index contributed by atoms with van der Waals surface area (Å²) in [5.41, 5.74) is 2.83. The van der Waals surface area contributed by atoms with E-state index in [1.807, 2.05) is 30.3 Å². The first-order chi connectivity index (χ1) is 11.1. The van der Waals surface area contributed by atoms with Gasteiger partial charge in [0.2, 0.25) is 5.56 Å². The first kappa shape index (κ1) is 21.1. The molecule has 0 aliphatic carbocycles. The van der Waals surface area contributed by atoms with Crippen LogP contribution in [0.3, 0.4) is 0 Å². The fourth-order valence-corrected chi connectivity index (χ4v) is 2.46. The van der Waals surface area contributed by atoms with E-state index in [2.05, 4.69) is 20.0 Å². The molecule has 3 aromatic rings. The standard InChI is InChI=1S/C15H14N4O3S.2ClH/c20-14-6-5-12-13(7-8-16-15(12)19-14)18-11-3-1-10(2-4-11)9-17-23(21)22;;/h1-8,17H,9H2,(H,21,22)(H2,16,18,19,20);2*1H/p-1. The van der Waals surface area contributed by atoms with Crippen LogP contribution in [0.15, 0.2) is 53.5 Å². The van der Waals surface area contributed by atoms with Crippen LogP contribution in [-0.4, -0.2) is 18.7 Å². The van der Waals surface area contributed by atoms with Gasteiger partial charge in [0.15, 0.2) is 0 Å². The van der Waals surface area contributed by atoms with Crippen molar-refractivity contribution < 1.29 is 8.76 Å². The maximum absolute atomic E-state index is 11.3. The summed E-state index contributed by atoms with van der Waals surface area (Å²) in [5, 5.41) is 4.06. The van der Waals surface area contributed by atoms with Crippen LogP contribution in [0.25, 0.3) is 11.0 Å². The number of nitrogens with zero attached hydrogens (tertiary/aromatic N) is 1. The van der Waals surface area contributed by atoms with Gasteiger partial charge in [0.1, 0.15) is 5.65 Å². The number of H-pyrrole nitrogens is 1. The number of nitrogens with one attached hydrogen (secondary N) is 3. The molecule has 0 saturated carbocycles. The van der Waals surface area contributed by atoms with Crippen molar-refractivity contribution in [2.24, 2.45) is 0 Å². The Labute approximate surface area is 158 Å². The SMILES string of the molecule is Cl.Cl.O=c1ccc2c(Nc3ccc(CNS(=O)[O-])cc3)ccnc2[nH]1. The van der Waals surface area contributed by atoms with Gasteiger partial charge >= 0.3 is 0 Å². The molecule has 10 heteroatoms. The van der Waals surface area contributed by atoms with E-state index >= 15 is 0 Å². The number of hydrogen-bond acceptors (Lipinski definition) is 5. The minimum absolute atomic E-state index is 0. The monoisotopic (exact) mass is 401 g/mol. The Morgan fingerprint density at radius 1 is 1.08 bits per heavy atom. The van der Waals surface area contributed by atoms with E-state index in [1.54, 1.807) is 12.3 Å². The summed E-state index contributed by atoms with van der Waals surface area (Å²) in [6.07, 6.45) is 1.61. The number of halogens is 2. The smallest absolute Gasteiger partial charge is 0.249 e. The van der Waals surface area contributed by atoms with E-state index < -0.39 is 11.3 Å². The van der Waals surface area contributed by atoms with Gasteiger partial charge in [-0.25, -0.2) is 9.71 Å². The van der Waals surface area contributed by atoms with E-state index in [1.165, 1.54) is 6.07 Å². The fraction of sp³-hybridized carbons (Fsp3) is 0.0667. The van der Waals surface area contributed by atoms with Crippen LogP contribution in [0.2, 0.25) is 0 Å². The molecule has 0 spiro atoms. The van der Waals surface area contributed by atoms with Gasteiger partial charge in [-0.15, -0.1) is 24.8 Å². The van der Waals surface area contributed by atoms with Crippen molar-refractivity contribution in [1.82, 2.24) is 14.7 Å². The van der Waals surface area contributed by atoms with Crippen molar-refractivity contribution >= 4 is 58.5 Å². The molecule has 2 heterocycles. The second kappa shape index (κ2) is 9.50. The molecule has 7 nitrogen and oxygen atoms in total. The van der Waals surface area contributed by atoms with Crippen molar-refractivity contribution in [1.29, 1.82) is 0 Å². The average molecular weight is 402 g/mol. The van der Waals surface area contributed by atoms with Gasteiger partial charge < -0.3 is 14.9 Å². The zero-order valence-electron chi connectivity index (χ0n) is 12.7. The molecule has 0 saturated heterocycles. The van der Waals surface area contributed by atoms with Gasteiger partial charge in [0.05, 0.1) is 5.69 Å². The third kappa shape index (κ3) is 5.52. The van der Waals surface area contributed by atoms with E-state index in [9.17, 15) is 13.6 Å². The zero-order chi connectivity index (χ0) is 16.2. The van der Waals surface area contributed by atoms with Gasteiger partial charge in [-0.3, -0.25) is 9.00 Å². The Kier molecular flexibility index (Phi) is 8.01. The lowest BCUT2D eigenvalue weighted by molar-refractivity contribution is 0.522. The zero-order valence-corrected chi connectivity index (χ0v) is 15.2. The Morgan fingerprint density at radius 2 is 1.80 bits per heavy atom.